The number of ether oxygens (including phenoxy) is 1. The van der Waals surface area contributed by atoms with E-state index in [0.29, 0.717) is 5.56 Å². The van der Waals surface area contributed by atoms with Gasteiger partial charge in [-0.2, -0.15) is 0 Å². The first-order chi connectivity index (χ1) is 9.82. The van der Waals surface area contributed by atoms with Gasteiger partial charge in [-0.1, -0.05) is 0 Å². The first-order valence-corrected chi connectivity index (χ1v) is 8.23. The molecule has 1 atom stereocenters. The molecule has 1 unspecified atom stereocenters. The highest BCUT2D eigenvalue weighted by Gasteiger charge is 2.43. The van der Waals surface area contributed by atoms with E-state index in [-0.39, 0.29) is 29.8 Å². The summed E-state index contributed by atoms with van der Waals surface area (Å²) in [5.41, 5.74) is 5.41. The third-order valence-corrected chi connectivity index (χ3v) is 5.48. The molecule has 0 heterocycles. The Morgan fingerprint density at radius 2 is 1.91 bits per heavy atom. The molecule has 1 saturated carbocycles. The zero-order chi connectivity index (χ0) is 15.7. The number of hydrogen-bond acceptors (Lipinski definition) is 5. The highest BCUT2D eigenvalue weighted by atomic mass is 35.5. The highest BCUT2D eigenvalue weighted by Crippen LogP contribution is 2.39. The van der Waals surface area contributed by atoms with Gasteiger partial charge in [-0.15, -0.1) is 12.4 Å². The molecule has 22 heavy (non-hydrogen) atoms. The van der Waals surface area contributed by atoms with Crippen molar-refractivity contribution in [2.45, 2.75) is 30.2 Å². The zero-order valence-electron chi connectivity index (χ0n) is 12.5. The van der Waals surface area contributed by atoms with Crippen molar-refractivity contribution in [3.8, 4) is 0 Å². The minimum absolute atomic E-state index is 0. The predicted octanol–water partition coefficient (Wildman–Crippen LogP) is 1.30. The fourth-order valence-corrected chi connectivity index (χ4v) is 3.74. The second-order valence-corrected chi connectivity index (χ2v) is 7.20. The van der Waals surface area contributed by atoms with Crippen LogP contribution in [0.1, 0.15) is 30.1 Å². The van der Waals surface area contributed by atoms with E-state index in [9.17, 15) is 13.2 Å². The van der Waals surface area contributed by atoms with Crippen LogP contribution in [0.4, 0.5) is 0 Å². The molecule has 0 amide bonds. The highest BCUT2D eigenvalue weighted by molar-refractivity contribution is 7.89. The van der Waals surface area contributed by atoms with Crippen LogP contribution in [-0.4, -0.2) is 33.6 Å². The van der Waals surface area contributed by atoms with Crippen LogP contribution in [0.25, 0.3) is 0 Å². The number of carbonyl (C=O) groups excluding carboxylic acids is 1. The number of carbonyl (C=O) groups is 1. The molecular formula is C14H21ClN2O4S. The van der Waals surface area contributed by atoms with E-state index in [4.69, 9.17) is 5.73 Å². The molecule has 0 radical (unpaired) electrons. The maximum Gasteiger partial charge on any atom is 0.337 e. The van der Waals surface area contributed by atoms with Gasteiger partial charge in [0.05, 0.1) is 17.6 Å². The lowest BCUT2D eigenvalue weighted by Gasteiger charge is -2.29. The lowest BCUT2D eigenvalue weighted by Crippen LogP contribution is -2.52. The van der Waals surface area contributed by atoms with Gasteiger partial charge in [0.25, 0.3) is 0 Å². The molecule has 1 aliphatic rings. The molecule has 124 valence electrons. The molecule has 1 aromatic rings. The average Bonchev–Trinajstić information content (AvgIpc) is 3.31. The Balaban J connectivity index is 0.00000242. The topological polar surface area (TPSA) is 98.5 Å². The molecule has 6 nitrogen and oxygen atoms in total. The first kappa shape index (κ1) is 18.9. The van der Waals surface area contributed by atoms with Gasteiger partial charge >= 0.3 is 5.97 Å². The van der Waals surface area contributed by atoms with E-state index in [1.54, 1.807) is 0 Å². The number of nitrogens with one attached hydrogen (secondary N) is 1. The molecule has 0 aliphatic heterocycles. The number of hydrogen-bond donors (Lipinski definition) is 2. The summed E-state index contributed by atoms with van der Waals surface area (Å²) in [6.07, 6.45) is 1.97. The predicted molar refractivity (Wildman–Crippen MR) is 85.5 cm³/mol. The Hall–Kier alpha value is -1.15. The minimum atomic E-state index is -3.67. The second kappa shape index (κ2) is 6.95. The number of nitrogens with two attached hydrogens (primary N) is 1. The molecule has 1 fully saturated rings. The van der Waals surface area contributed by atoms with Gasteiger partial charge < -0.3 is 10.5 Å². The van der Waals surface area contributed by atoms with Gasteiger partial charge in [-0.25, -0.2) is 17.9 Å². The lowest BCUT2D eigenvalue weighted by atomic mass is 9.98. The van der Waals surface area contributed by atoms with Crippen molar-refractivity contribution in [1.29, 1.82) is 0 Å². The van der Waals surface area contributed by atoms with Crippen LogP contribution < -0.4 is 10.5 Å². The average molecular weight is 349 g/mol. The Bertz CT molecular complexity index is 629. The summed E-state index contributed by atoms with van der Waals surface area (Å²) in [6, 6.07) is 5.63. The number of halogens is 1. The summed E-state index contributed by atoms with van der Waals surface area (Å²) in [7, 11) is -2.39. The molecule has 1 aliphatic carbocycles. The molecule has 0 bridgehead atoms. The summed E-state index contributed by atoms with van der Waals surface area (Å²) in [5, 5.41) is 0. The van der Waals surface area contributed by atoms with Crippen molar-refractivity contribution in [3.63, 3.8) is 0 Å². The number of sulfonamides is 1. The normalized spacial score (nSPS) is 17.2. The third kappa shape index (κ3) is 3.98. The minimum Gasteiger partial charge on any atom is -0.465 e. The second-order valence-electron chi connectivity index (χ2n) is 5.52. The zero-order valence-corrected chi connectivity index (χ0v) is 14.2. The Kier molecular flexibility index (Phi) is 5.97. The van der Waals surface area contributed by atoms with Gasteiger partial charge in [0.1, 0.15) is 0 Å². The number of methoxy groups -OCH3 is 1. The maximum absolute atomic E-state index is 12.4. The van der Waals surface area contributed by atoms with Crippen LogP contribution in [0.2, 0.25) is 0 Å². The van der Waals surface area contributed by atoms with Crippen LogP contribution in [0.5, 0.6) is 0 Å². The Morgan fingerprint density at radius 1 is 1.36 bits per heavy atom. The molecule has 3 N–H and O–H groups in total. The van der Waals surface area contributed by atoms with E-state index in [0.717, 1.165) is 12.8 Å². The van der Waals surface area contributed by atoms with E-state index < -0.39 is 21.5 Å². The smallest absolute Gasteiger partial charge is 0.337 e. The summed E-state index contributed by atoms with van der Waals surface area (Å²) < 4.78 is 32.1. The molecule has 2 rings (SSSR count). The maximum atomic E-state index is 12.4. The first-order valence-electron chi connectivity index (χ1n) is 6.75. The molecule has 0 spiro atoms. The lowest BCUT2D eigenvalue weighted by molar-refractivity contribution is 0.0600. The van der Waals surface area contributed by atoms with E-state index in [1.807, 2.05) is 6.92 Å². The van der Waals surface area contributed by atoms with Crippen molar-refractivity contribution in [3.05, 3.63) is 29.8 Å². The van der Waals surface area contributed by atoms with Crippen LogP contribution in [0.3, 0.4) is 0 Å². The number of rotatable bonds is 6. The summed E-state index contributed by atoms with van der Waals surface area (Å²) >= 11 is 0. The summed E-state index contributed by atoms with van der Waals surface area (Å²) in [5.74, 6) is -0.219. The molecular weight excluding hydrogens is 328 g/mol. The third-order valence-electron chi connectivity index (χ3n) is 3.86. The van der Waals surface area contributed by atoms with Crippen molar-refractivity contribution in [2.24, 2.45) is 11.7 Å². The van der Waals surface area contributed by atoms with Gasteiger partial charge in [0, 0.05) is 12.1 Å². The van der Waals surface area contributed by atoms with Gasteiger partial charge in [0.15, 0.2) is 0 Å². The SMILES string of the molecule is COC(=O)c1ccc(S(=O)(=O)NC(C)(CN)C2CC2)cc1.Cl. The Labute approximate surface area is 136 Å². The van der Waals surface area contributed by atoms with Crippen molar-refractivity contribution < 1.29 is 17.9 Å². The van der Waals surface area contributed by atoms with Gasteiger partial charge in [-0.3, -0.25) is 0 Å². The van der Waals surface area contributed by atoms with Crippen molar-refractivity contribution in [1.82, 2.24) is 4.72 Å². The quantitative estimate of drug-likeness (QED) is 0.755. The van der Waals surface area contributed by atoms with Crippen LogP contribution in [0.15, 0.2) is 29.2 Å². The van der Waals surface area contributed by atoms with E-state index in [1.165, 1.54) is 31.4 Å². The summed E-state index contributed by atoms with van der Waals surface area (Å²) in [6.45, 7) is 2.07. The molecule has 1 aromatic carbocycles. The molecule has 8 heteroatoms. The van der Waals surface area contributed by atoms with Gasteiger partial charge in [-0.05, 0) is 49.9 Å². The van der Waals surface area contributed by atoms with E-state index >= 15 is 0 Å². The fraction of sp³-hybridized carbons (Fsp3) is 0.500. The fourth-order valence-electron chi connectivity index (χ4n) is 2.27. The monoisotopic (exact) mass is 348 g/mol. The summed E-state index contributed by atoms with van der Waals surface area (Å²) in [4.78, 5) is 11.5. The largest absolute Gasteiger partial charge is 0.465 e. The van der Waals surface area contributed by atoms with Crippen LogP contribution >= 0.6 is 12.4 Å². The number of esters is 1. The Morgan fingerprint density at radius 3 is 2.32 bits per heavy atom. The van der Waals surface area contributed by atoms with Gasteiger partial charge in [0.2, 0.25) is 10.0 Å². The van der Waals surface area contributed by atoms with Crippen molar-refractivity contribution >= 4 is 28.4 Å². The molecule has 0 aromatic heterocycles. The standard InChI is InChI=1S/C14H20N2O4S.ClH/c1-14(9-15,11-5-6-11)16-21(18,19)12-7-3-10(4-8-12)13(17)20-2;/h3-4,7-8,11,16H,5-6,9,15H2,1-2H3;1H. The van der Waals surface area contributed by atoms with Crippen LogP contribution in [-0.2, 0) is 14.8 Å². The molecule has 0 saturated heterocycles. The van der Waals surface area contributed by atoms with Crippen LogP contribution in [0, 0.1) is 5.92 Å². The number of benzene rings is 1. The van der Waals surface area contributed by atoms with E-state index in [2.05, 4.69) is 9.46 Å². The van der Waals surface area contributed by atoms with Crippen molar-refractivity contribution in [2.75, 3.05) is 13.7 Å².